The van der Waals surface area contributed by atoms with Crippen molar-refractivity contribution in [2.45, 2.75) is 12.7 Å². The lowest BCUT2D eigenvalue weighted by Crippen LogP contribution is -2.33. The molecule has 78 valence electrons. The minimum absolute atomic E-state index is 0.419. The van der Waals surface area contributed by atoms with E-state index < -0.39 is 11.7 Å². The van der Waals surface area contributed by atoms with Crippen molar-refractivity contribution in [3.8, 4) is 5.75 Å². The van der Waals surface area contributed by atoms with Crippen LogP contribution in [0.4, 0.5) is 5.69 Å². The third-order valence-electron chi connectivity index (χ3n) is 1.68. The molecule has 0 saturated carbocycles. The summed E-state index contributed by atoms with van der Waals surface area (Å²) in [6.07, 6.45) is 0. The summed E-state index contributed by atoms with van der Waals surface area (Å²) in [4.78, 5) is 0. The van der Waals surface area contributed by atoms with Gasteiger partial charge in [-0.2, -0.15) is 0 Å². The van der Waals surface area contributed by atoms with Crippen LogP contribution in [0.3, 0.4) is 0 Å². The van der Waals surface area contributed by atoms with Gasteiger partial charge in [0, 0.05) is 0 Å². The van der Waals surface area contributed by atoms with Gasteiger partial charge >= 0.3 is 6.00 Å². The van der Waals surface area contributed by atoms with Crippen LogP contribution in [0.1, 0.15) is 6.92 Å². The number of hydrogen-bond acceptors (Lipinski definition) is 2. The highest BCUT2D eigenvalue weighted by Gasteiger charge is 2.35. The van der Waals surface area contributed by atoms with Gasteiger partial charge in [0.15, 0.2) is 0 Å². The summed E-state index contributed by atoms with van der Waals surface area (Å²) in [6.45, 7) is 1.73. The molecule has 1 unspecified atom stereocenters. The molecule has 0 fully saturated rings. The fourth-order valence-corrected chi connectivity index (χ4v) is 1.51. The molecule has 14 heavy (non-hydrogen) atoms. The number of halogens is 3. The Balaban J connectivity index is 2.75. The summed E-state index contributed by atoms with van der Waals surface area (Å²) in [7, 11) is 0. The number of nitrogens with two attached hydrogens (primary N) is 1. The van der Waals surface area contributed by atoms with Crippen molar-refractivity contribution in [1.82, 2.24) is 0 Å². The van der Waals surface area contributed by atoms with Crippen LogP contribution in [0, 0.1) is 0 Å². The molecular formula is C8H10Cl3NOSi. The van der Waals surface area contributed by atoms with Crippen molar-refractivity contribution < 1.29 is 4.74 Å². The van der Waals surface area contributed by atoms with Gasteiger partial charge in [0.2, 0.25) is 0 Å². The van der Waals surface area contributed by atoms with Crippen LogP contribution >= 0.6 is 33.2 Å². The first-order valence-electron chi connectivity index (χ1n) is 3.99. The maximum Gasteiger partial charge on any atom is 0.380 e. The van der Waals surface area contributed by atoms with E-state index >= 15 is 0 Å². The van der Waals surface area contributed by atoms with E-state index in [-0.39, 0.29) is 0 Å². The van der Waals surface area contributed by atoms with Gasteiger partial charge in [-0.1, -0.05) is 12.1 Å². The second-order valence-corrected chi connectivity index (χ2v) is 11.8. The van der Waals surface area contributed by atoms with Gasteiger partial charge in [-0.05, 0) is 19.1 Å². The van der Waals surface area contributed by atoms with E-state index in [2.05, 4.69) is 0 Å². The summed E-state index contributed by atoms with van der Waals surface area (Å²) >= 11 is 17.4. The first-order chi connectivity index (χ1) is 6.41. The third-order valence-corrected chi connectivity index (χ3v) is 5.49. The molecule has 0 radical (unpaired) electrons. The average Bonchev–Trinajstić information content (AvgIpc) is 2.07. The van der Waals surface area contributed by atoms with Crippen molar-refractivity contribution in [3.05, 3.63) is 24.3 Å². The molecule has 1 aromatic rings. The van der Waals surface area contributed by atoms with E-state index in [4.69, 9.17) is 43.7 Å². The smallest absolute Gasteiger partial charge is 0.380 e. The monoisotopic (exact) mass is 269 g/mol. The lowest BCUT2D eigenvalue weighted by atomic mass is 10.3. The first-order valence-corrected chi connectivity index (χ1v) is 9.10. The molecule has 0 heterocycles. The highest BCUT2D eigenvalue weighted by Crippen LogP contribution is 2.29. The van der Waals surface area contributed by atoms with Crippen LogP contribution < -0.4 is 10.5 Å². The van der Waals surface area contributed by atoms with Crippen LogP contribution in [0.5, 0.6) is 5.75 Å². The molecule has 0 amide bonds. The van der Waals surface area contributed by atoms with Crippen LogP contribution in [0.25, 0.3) is 0 Å². The van der Waals surface area contributed by atoms with E-state index in [1.165, 1.54) is 0 Å². The van der Waals surface area contributed by atoms with Gasteiger partial charge in [0.1, 0.15) is 11.5 Å². The highest BCUT2D eigenvalue weighted by atomic mass is 35.8. The SMILES string of the molecule is CC(Oc1ccccc1N)[Si](Cl)(Cl)Cl. The predicted octanol–water partition coefficient (Wildman–Crippen LogP) is 3.23. The van der Waals surface area contributed by atoms with E-state index in [9.17, 15) is 0 Å². The first kappa shape index (κ1) is 12.0. The molecular weight excluding hydrogens is 261 g/mol. The Bertz CT molecular complexity index is 316. The van der Waals surface area contributed by atoms with Crippen LogP contribution in [0.15, 0.2) is 24.3 Å². The summed E-state index contributed by atoms with van der Waals surface area (Å²) < 4.78 is 5.45. The molecule has 0 bridgehead atoms. The number of anilines is 1. The molecule has 2 N–H and O–H groups in total. The van der Waals surface area contributed by atoms with E-state index in [1.807, 2.05) is 12.1 Å². The van der Waals surface area contributed by atoms with Crippen molar-refractivity contribution in [3.63, 3.8) is 0 Å². The highest BCUT2D eigenvalue weighted by molar-refractivity contribution is 7.65. The van der Waals surface area contributed by atoms with E-state index in [0.717, 1.165) is 0 Å². The minimum atomic E-state index is -2.83. The Morgan fingerprint density at radius 3 is 2.36 bits per heavy atom. The molecule has 0 spiro atoms. The van der Waals surface area contributed by atoms with E-state index in [1.54, 1.807) is 19.1 Å². The third kappa shape index (κ3) is 3.24. The molecule has 0 aliphatic carbocycles. The Kier molecular flexibility index (Phi) is 3.95. The lowest BCUT2D eigenvalue weighted by Gasteiger charge is -2.20. The molecule has 0 aliphatic heterocycles. The number of ether oxygens (including phenoxy) is 1. The Morgan fingerprint density at radius 1 is 1.29 bits per heavy atom. The normalized spacial score (nSPS) is 13.7. The van der Waals surface area contributed by atoms with Gasteiger partial charge in [0.05, 0.1) is 5.69 Å². The summed E-state index contributed by atoms with van der Waals surface area (Å²) in [6, 6.07) is 4.29. The second kappa shape index (κ2) is 4.62. The molecule has 1 atom stereocenters. The van der Waals surface area contributed by atoms with Crippen molar-refractivity contribution in [1.29, 1.82) is 0 Å². The fourth-order valence-electron chi connectivity index (χ4n) is 0.845. The molecule has 0 saturated heterocycles. The molecule has 2 nitrogen and oxygen atoms in total. The quantitative estimate of drug-likeness (QED) is 0.520. The number of rotatable bonds is 3. The largest absolute Gasteiger partial charge is 0.488 e. The van der Waals surface area contributed by atoms with Crippen LogP contribution in [-0.4, -0.2) is 11.7 Å². The molecule has 0 aromatic heterocycles. The van der Waals surface area contributed by atoms with Gasteiger partial charge in [0.25, 0.3) is 0 Å². The molecule has 6 heteroatoms. The van der Waals surface area contributed by atoms with Crippen molar-refractivity contribution in [2.75, 3.05) is 5.73 Å². The number of para-hydroxylation sites is 2. The Morgan fingerprint density at radius 2 is 1.86 bits per heavy atom. The van der Waals surface area contributed by atoms with Gasteiger partial charge < -0.3 is 10.5 Å². The number of benzene rings is 1. The van der Waals surface area contributed by atoms with Gasteiger partial charge in [-0.25, -0.2) is 0 Å². The number of nitrogen functional groups attached to an aromatic ring is 1. The van der Waals surface area contributed by atoms with Crippen molar-refractivity contribution >= 4 is 44.9 Å². The van der Waals surface area contributed by atoms with Crippen molar-refractivity contribution in [2.24, 2.45) is 0 Å². The zero-order chi connectivity index (χ0) is 10.8. The summed E-state index contributed by atoms with van der Waals surface area (Å²) in [5, 5.41) is 0. The maximum atomic E-state index is 5.79. The average molecular weight is 271 g/mol. The molecule has 0 aliphatic rings. The zero-order valence-electron chi connectivity index (χ0n) is 7.51. The zero-order valence-corrected chi connectivity index (χ0v) is 10.8. The summed E-state index contributed by atoms with van der Waals surface area (Å²) in [5.74, 6) is 0.554. The molecule has 1 aromatic carbocycles. The minimum Gasteiger partial charge on any atom is -0.488 e. The standard InChI is InChI=1S/C8H10Cl3NOSi/c1-6(14(9,10)11)13-8-5-3-2-4-7(8)12/h2-6H,12H2,1H3. The van der Waals surface area contributed by atoms with E-state index in [0.29, 0.717) is 11.4 Å². The van der Waals surface area contributed by atoms with Gasteiger partial charge in [-0.15, -0.1) is 33.2 Å². The summed E-state index contributed by atoms with van der Waals surface area (Å²) in [5.41, 5.74) is 5.80. The predicted molar refractivity (Wildman–Crippen MR) is 64.3 cm³/mol. The lowest BCUT2D eigenvalue weighted by molar-refractivity contribution is 0.298. The maximum absolute atomic E-state index is 5.79. The Hall–Kier alpha value is -0.0931. The second-order valence-electron chi connectivity index (χ2n) is 2.84. The Labute approximate surface area is 98.0 Å². The van der Waals surface area contributed by atoms with Crippen LogP contribution in [0.2, 0.25) is 0 Å². The van der Waals surface area contributed by atoms with Gasteiger partial charge in [-0.3, -0.25) is 0 Å². The fraction of sp³-hybridized carbons (Fsp3) is 0.250. The van der Waals surface area contributed by atoms with Crippen LogP contribution in [-0.2, 0) is 0 Å². The topological polar surface area (TPSA) is 35.2 Å². The number of hydrogen-bond donors (Lipinski definition) is 1. The molecule has 1 rings (SSSR count).